The molecule has 1 aliphatic rings. The van der Waals surface area contributed by atoms with Gasteiger partial charge < -0.3 is 25.2 Å². The molecule has 8 nitrogen and oxygen atoms in total. The quantitative estimate of drug-likeness (QED) is 0.411. The lowest BCUT2D eigenvalue weighted by molar-refractivity contribution is -0.149. The number of hydrogen-bond donors (Lipinski definition) is 3. The molecule has 2 aromatic rings. The highest BCUT2D eigenvalue weighted by Gasteiger charge is 2.29. The molecule has 8 heteroatoms. The Morgan fingerprint density at radius 1 is 0.941 bits per heavy atom. The minimum absolute atomic E-state index is 0.0145. The molecular formula is C26H32N2O6. The van der Waals surface area contributed by atoms with E-state index in [0.29, 0.717) is 19.4 Å². The van der Waals surface area contributed by atoms with Crippen molar-refractivity contribution in [1.82, 2.24) is 10.6 Å². The first kappa shape index (κ1) is 25.2. The first-order chi connectivity index (χ1) is 16.4. The number of nitrogens with one attached hydrogen (secondary N) is 2. The van der Waals surface area contributed by atoms with Crippen LogP contribution in [0.4, 0.5) is 4.79 Å². The van der Waals surface area contributed by atoms with Gasteiger partial charge in [-0.1, -0.05) is 55.5 Å². The molecule has 2 amide bonds. The van der Waals surface area contributed by atoms with E-state index in [0.717, 1.165) is 11.1 Å². The molecule has 0 spiro atoms. The molecule has 0 radical (unpaired) electrons. The van der Waals surface area contributed by atoms with Gasteiger partial charge in [-0.2, -0.15) is 0 Å². The Hall–Kier alpha value is -3.39. The number of methoxy groups -OCH3 is 1. The van der Waals surface area contributed by atoms with E-state index >= 15 is 0 Å². The smallest absolute Gasteiger partial charge is 0.407 e. The van der Waals surface area contributed by atoms with E-state index in [4.69, 9.17) is 14.6 Å². The van der Waals surface area contributed by atoms with Crippen LogP contribution in [-0.2, 0) is 19.1 Å². The second kappa shape index (κ2) is 12.2. The summed E-state index contributed by atoms with van der Waals surface area (Å²) in [5.41, 5.74) is 4.69. The predicted molar refractivity (Wildman–Crippen MR) is 128 cm³/mol. The second-order valence-electron chi connectivity index (χ2n) is 8.44. The molecule has 2 atom stereocenters. The zero-order valence-corrected chi connectivity index (χ0v) is 19.6. The molecule has 0 saturated carbocycles. The fourth-order valence-corrected chi connectivity index (χ4v) is 4.22. The molecule has 34 heavy (non-hydrogen) atoms. The van der Waals surface area contributed by atoms with Crippen molar-refractivity contribution in [3.63, 3.8) is 0 Å². The Labute approximate surface area is 199 Å². The predicted octanol–water partition coefficient (Wildman–Crippen LogP) is 3.55. The van der Waals surface area contributed by atoms with Crippen LogP contribution < -0.4 is 10.6 Å². The summed E-state index contributed by atoms with van der Waals surface area (Å²) in [6.07, 6.45) is -0.0000648. The lowest BCUT2D eigenvalue weighted by atomic mass is 9.98. The highest BCUT2D eigenvalue weighted by atomic mass is 16.5. The van der Waals surface area contributed by atoms with Crippen molar-refractivity contribution < 1.29 is 29.0 Å². The van der Waals surface area contributed by atoms with Crippen molar-refractivity contribution in [2.45, 2.75) is 38.2 Å². The third-order valence-electron chi connectivity index (χ3n) is 6.14. The van der Waals surface area contributed by atoms with Gasteiger partial charge >= 0.3 is 12.1 Å². The van der Waals surface area contributed by atoms with Gasteiger partial charge in [-0.15, -0.1) is 0 Å². The maximum absolute atomic E-state index is 12.2. The van der Waals surface area contributed by atoms with Crippen molar-refractivity contribution in [3.05, 3.63) is 59.7 Å². The molecule has 0 aromatic heterocycles. The Morgan fingerprint density at radius 2 is 1.56 bits per heavy atom. The van der Waals surface area contributed by atoms with Crippen molar-refractivity contribution >= 4 is 18.0 Å². The largest absolute Gasteiger partial charge is 0.479 e. The minimum atomic E-state index is -1.05. The van der Waals surface area contributed by atoms with Gasteiger partial charge in [0.05, 0.1) is 0 Å². The standard InChI is InChI=1S/C26H32N2O6/c1-17(24(29)27-15-13-23(33-2)25(30)31)8-7-14-28-26(32)34-16-22-20-11-5-3-9-18(20)19-10-4-6-12-21(19)22/h3-6,9-12,17,22-23H,7-8,13-16H2,1-2H3,(H,27,29)(H,28,32)(H,30,31). The maximum atomic E-state index is 12.2. The highest BCUT2D eigenvalue weighted by molar-refractivity contribution is 5.79. The zero-order valence-electron chi connectivity index (χ0n) is 19.6. The Balaban J connectivity index is 1.35. The number of benzene rings is 2. The molecule has 0 aliphatic heterocycles. The van der Waals surface area contributed by atoms with Crippen LogP contribution in [0, 0.1) is 5.92 Å². The van der Waals surface area contributed by atoms with Gasteiger partial charge in [-0.05, 0) is 35.1 Å². The number of aliphatic carboxylic acids is 1. The Bertz CT molecular complexity index is 963. The van der Waals surface area contributed by atoms with E-state index < -0.39 is 18.2 Å². The van der Waals surface area contributed by atoms with Crippen LogP contribution in [0.2, 0.25) is 0 Å². The number of carbonyl (C=O) groups is 3. The number of hydrogen-bond acceptors (Lipinski definition) is 5. The van der Waals surface area contributed by atoms with Crippen LogP contribution in [0.5, 0.6) is 0 Å². The fourth-order valence-electron chi connectivity index (χ4n) is 4.22. The van der Waals surface area contributed by atoms with Crippen LogP contribution in [0.3, 0.4) is 0 Å². The van der Waals surface area contributed by atoms with Gasteiger partial charge in [-0.3, -0.25) is 4.79 Å². The van der Waals surface area contributed by atoms with Crippen LogP contribution in [0.1, 0.15) is 43.2 Å². The van der Waals surface area contributed by atoms with Crippen LogP contribution in [-0.4, -0.2) is 56.0 Å². The summed E-state index contributed by atoms with van der Waals surface area (Å²) in [5.74, 6) is -1.44. The van der Waals surface area contributed by atoms with Crippen LogP contribution >= 0.6 is 0 Å². The van der Waals surface area contributed by atoms with E-state index in [1.807, 2.05) is 24.3 Å². The van der Waals surface area contributed by atoms with Gasteiger partial charge in [0, 0.05) is 38.5 Å². The molecule has 1 aliphatic carbocycles. The third-order valence-corrected chi connectivity index (χ3v) is 6.14. The number of amides is 2. The second-order valence-corrected chi connectivity index (χ2v) is 8.44. The molecule has 182 valence electrons. The molecule has 3 N–H and O–H groups in total. The van der Waals surface area contributed by atoms with Gasteiger partial charge in [0.15, 0.2) is 6.10 Å². The number of carboxylic acids is 1. The SMILES string of the molecule is COC(CCNC(=O)C(C)CCCNC(=O)OCC1c2ccccc2-c2ccccc21)C(=O)O. The molecule has 0 saturated heterocycles. The van der Waals surface area contributed by atoms with Crippen molar-refractivity contribution in [2.75, 3.05) is 26.8 Å². The number of fused-ring (bicyclic) bond motifs is 3. The van der Waals surface area contributed by atoms with Crippen molar-refractivity contribution in [1.29, 1.82) is 0 Å². The van der Waals surface area contributed by atoms with Gasteiger partial charge in [0.1, 0.15) is 6.61 Å². The van der Waals surface area contributed by atoms with E-state index in [9.17, 15) is 14.4 Å². The Morgan fingerprint density at radius 3 is 2.15 bits per heavy atom. The van der Waals surface area contributed by atoms with E-state index in [1.54, 1.807) is 6.92 Å². The number of ether oxygens (including phenoxy) is 2. The zero-order chi connectivity index (χ0) is 24.5. The molecule has 2 aromatic carbocycles. The summed E-state index contributed by atoms with van der Waals surface area (Å²) >= 11 is 0. The summed E-state index contributed by atoms with van der Waals surface area (Å²) in [4.78, 5) is 35.3. The summed E-state index contributed by atoms with van der Waals surface area (Å²) in [7, 11) is 1.33. The average molecular weight is 469 g/mol. The lowest BCUT2D eigenvalue weighted by Crippen LogP contribution is -2.34. The highest BCUT2D eigenvalue weighted by Crippen LogP contribution is 2.44. The first-order valence-electron chi connectivity index (χ1n) is 11.5. The van der Waals surface area contributed by atoms with Gasteiger partial charge in [0.2, 0.25) is 5.91 Å². The van der Waals surface area contributed by atoms with E-state index in [-0.39, 0.29) is 37.3 Å². The summed E-state index contributed by atoms with van der Waals surface area (Å²) in [5, 5.41) is 14.4. The molecule has 0 heterocycles. The topological polar surface area (TPSA) is 114 Å². The number of alkyl carbamates (subject to hydrolysis) is 1. The normalized spacial score (nSPS) is 13.9. The number of carboxylic acid groups (broad SMARTS) is 1. The summed E-state index contributed by atoms with van der Waals surface area (Å²) in [6, 6.07) is 16.4. The van der Waals surface area contributed by atoms with E-state index in [2.05, 4.69) is 34.9 Å². The molecular weight excluding hydrogens is 436 g/mol. The number of rotatable bonds is 12. The molecule has 3 rings (SSSR count). The summed E-state index contributed by atoms with van der Waals surface area (Å²) < 4.78 is 10.4. The minimum Gasteiger partial charge on any atom is -0.479 e. The maximum Gasteiger partial charge on any atom is 0.407 e. The lowest BCUT2D eigenvalue weighted by Gasteiger charge is -2.15. The van der Waals surface area contributed by atoms with Crippen LogP contribution in [0.25, 0.3) is 11.1 Å². The summed E-state index contributed by atoms with van der Waals surface area (Å²) in [6.45, 7) is 2.69. The van der Waals surface area contributed by atoms with Gasteiger partial charge in [-0.25, -0.2) is 9.59 Å². The molecule has 2 unspecified atom stereocenters. The monoisotopic (exact) mass is 468 g/mol. The van der Waals surface area contributed by atoms with E-state index in [1.165, 1.54) is 18.2 Å². The average Bonchev–Trinajstić information content (AvgIpc) is 3.16. The third kappa shape index (κ3) is 6.35. The Kier molecular flexibility index (Phi) is 9.04. The van der Waals surface area contributed by atoms with Crippen molar-refractivity contribution in [3.8, 4) is 11.1 Å². The van der Waals surface area contributed by atoms with Gasteiger partial charge in [0.25, 0.3) is 0 Å². The first-order valence-corrected chi connectivity index (χ1v) is 11.5. The molecule has 0 fully saturated rings. The number of carbonyl (C=O) groups excluding carboxylic acids is 2. The van der Waals surface area contributed by atoms with Crippen molar-refractivity contribution in [2.24, 2.45) is 5.92 Å². The molecule has 0 bridgehead atoms. The fraction of sp³-hybridized carbons (Fsp3) is 0.423. The van der Waals surface area contributed by atoms with Crippen LogP contribution in [0.15, 0.2) is 48.5 Å².